The van der Waals surface area contributed by atoms with Crippen LogP contribution in [0.25, 0.3) is 6.08 Å². The highest BCUT2D eigenvalue weighted by Gasteiger charge is 2.35. The highest BCUT2D eigenvalue weighted by Crippen LogP contribution is 2.34. The molecule has 9 heteroatoms. The highest BCUT2D eigenvalue weighted by molar-refractivity contribution is 7.80. The summed E-state index contributed by atoms with van der Waals surface area (Å²) in [5.74, 6) is -1.66. The average Bonchev–Trinajstić information content (AvgIpc) is 2.71. The number of carboxylic acid groups (broad SMARTS) is 1. The number of carboxylic acids is 1. The molecule has 1 aliphatic rings. The number of nitrogens with zero attached hydrogens (tertiary/aromatic N) is 1. The van der Waals surface area contributed by atoms with Gasteiger partial charge >= 0.3 is 5.97 Å². The van der Waals surface area contributed by atoms with Crippen molar-refractivity contribution >= 4 is 46.9 Å². The largest absolute Gasteiger partial charge is 0.493 e. The standard InChI is InChI=1S/C22H20N2O6S/c1-12(2)30-18-13(6-5-9-17(18)29-3)11-16-19(25)23-22(31)24(20(16)26)15-8-4-7-14(10-15)21(27)28/h4-12H,1-3H3,(H,27,28)(H,23,25,31). The molecule has 0 radical (unpaired) electrons. The SMILES string of the molecule is COc1cccc(C=C2C(=O)NC(=S)N(c3cccc(C(=O)O)c3)C2=O)c1OC(C)C. The normalized spacial score (nSPS) is 15.3. The molecule has 0 bridgehead atoms. The minimum atomic E-state index is -1.15. The number of amides is 2. The molecule has 0 unspecified atom stereocenters. The second-order valence-corrected chi connectivity index (χ2v) is 7.25. The first-order chi connectivity index (χ1) is 14.7. The Balaban J connectivity index is 2.08. The van der Waals surface area contributed by atoms with Crippen LogP contribution in [0.5, 0.6) is 11.5 Å². The Labute approximate surface area is 184 Å². The number of carbonyl (C=O) groups excluding carboxylic acids is 2. The molecule has 0 aliphatic carbocycles. The lowest BCUT2D eigenvalue weighted by Gasteiger charge is -2.29. The van der Waals surface area contributed by atoms with Crippen LogP contribution in [0.4, 0.5) is 5.69 Å². The first kappa shape index (κ1) is 22.0. The van der Waals surface area contributed by atoms with E-state index in [0.29, 0.717) is 17.1 Å². The van der Waals surface area contributed by atoms with E-state index in [1.807, 2.05) is 13.8 Å². The van der Waals surface area contributed by atoms with Crippen molar-refractivity contribution in [1.29, 1.82) is 0 Å². The summed E-state index contributed by atoms with van der Waals surface area (Å²) in [5, 5.41) is 11.6. The molecule has 0 aromatic heterocycles. The quantitative estimate of drug-likeness (QED) is 0.404. The predicted molar refractivity (Wildman–Crippen MR) is 118 cm³/mol. The Morgan fingerprint density at radius 3 is 2.55 bits per heavy atom. The summed E-state index contributed by atoms with van der Waals surface area (Å²) in [6.45, 7) is 3.69. The molecule has 1 heterocycles. The molecule has 1 aliphatic heterocycles. The van der Waals surface area contributed by atoms with Crippen LogP contribution < -0.4 is 19.7 Å². The topological polar surface area (TPSA) is 105 Å². The van der Waals surface area contributed by atoms with E-state index in [1.165, 1.54) is 37.5 Å². The molecule has 3 rings (SSSR count). The lowest BCUT2D eigenvalue weighted by atomic mass is 10.1. The third kappa shape index (κ3) is 4.56. The van der Waals surface area contributed by atoms with E-state index in [2.05, 4.69) is 5.32 Å². The summed E-state index contributed by atoms with van der Waals surface area (Å²) in [4.78, 5) is 38.2. The van der Waals surface area contributed by atoms with E-state index in [0.717, 1.165) is 4.90 Å². The molecule has 31 heavy (non-hydrogen) atoms. The van der Waals surface area contributed by atoms with Crippen LogP contribution >= 0.6 is 12.2 Å². The molecule has 0 atom stereocenters. The summed E-state index contributed by atoms with van der Waals surface area (Å²) in [6, 6.07) is 10.8. The number of rotatable bonds is 6. The smallest absolute Gasteiger partial charge is 0.335 e. The van der Waals surface area contributed by atoms with E-state index in [1.54, 1.807) is 18.2 Å². The van der Waals surface area contributed by atoms with Crippen molar-refractivity contribution in [1.82, 2.24) is 5.32 Å². The van der Waals surface area contributed by atoms with Crippen LogP contribution in [0.2, 0.25) is 0 Å². The van der Waals surface area contributed by atoms with Crippen LogP contribution in [-0.4, -0.2) is 41.2 Å². The molecular weight excluding hydrogens is 420 g/mol. The molecule has 2 amide bonds. The average molecular weight is 440 g/mol. The minimum Gasteiger partial charge on any atom is -0.493 e. The Hall–Kier alpha value is -3.72. The van der Waals surface area contributed by atoms with Crippen molar-refractivity contribution in [3.05, 3.63) is 59.2 Å². The molecule has 2 aromatic rings. The van der Waals surface area contributed by atoms with Crippen molar-refractivity contribution < 1.29 is 29.0 Å². The minimum absolute atomic E-state index is 0.0176. The monoisotopic (exact) mass is 440 g/mol. The van der Waals surface area contributed by atoms with E-state index in [4.69, 9.17) is 21.7 Å². The van der Waals surface area contributed by atoms with Gasteiger partial charge in [-0.1, -0.05) is 18.2 Å². The number of hydrogen-bond donors (Lipinski definition) is 2. The number of ether oxygens (including phenoxy) is 2. The van der Waals surface area contributed by atoms with Crippen molar-refractivity contribution in [2.45, 2.75) is 20.0 Å². The van der Waals surface area contributed by atoms with Gasteiger partial charge in [0.2, 0.25) is 0 Å². The number of para-hydroxylation sites is 1. The number of carbonyl (C=O) groups is 3. The van der Waals surface area contributed by atoms with Gasteiger partial charge < -0.3 is 14.6 Å². The molecule has 160 valence electrons. The van der Waals surface area contributed by atoms with Gasteiger partial charge in [-0.3, -0.25) is 19.8 Å². The van der Waals surface area contributed by atoms with Crippen molar-refractivity contribution in [2.75, 3.05) is 12.0 Å². The summed E-state index contributed by atoms with van der Waals surface area (Å²) >= 11 is 5.17. The van der Waals surface area contributed by atoms with Gasteiger partial charge in [-0.15, -0.1) is 0 Å². The summed E-state index contributed by atoms with van der Waals surface area (Å²) < 4.78 is 11.2. The summed E-state index contributed by atoms with van der Waals surface area (Å²) in [6.07, 6.45) is 1.22. The molecule has 0 saturated carbocycles. The van der Waals surface area contributed by atoms with Crippen molar-refractivity contribution in [3.8, 4) is 11.5 Å². The molecule has 1 saturated heterocycles. The lowest BCUT2D eigenvalue weighted by molar-refractivity contribution is -0.122. The molecule has 2 N–H and O–H groups in total. The zero-order valence-electron chi connectivity index (χ0n) is 17.0. The van der Waals surface area contributed by atoms with E-state index in [9.17, 15) is 19.5 Å². The predicted octanol–water partition coefficient (Wildman–Crippen LogP) is 3.01. The lowest BCUT2D eigenvalue weighted by Crippen LogP contribution is -2.54. The van der Waals surface area contributed by atoms with Gasteiger partial charge in [-0.25, -0.2) is 4.79 Å². The van der Waals surface area contributed by atoms with Gasteiger partial charge in [-0.05, 0) is 56.4 Å². The van der Waals surface area contributed by atoms with Crippen LogP contribution in [-0.2, 0) is 9.59 Å². The van der Waals surface area contributed by atoms with Crippen LogP contribution in [0, 0.1) is 0 Å². The Bertz CT molecular complexity index is 1110. The number of aromatic carboxylic acids is 1. The fourth-order valence-electron chi connectivity index (χ4n) is 2.99. The van der Waals surface area contributed by atoms with E-state index in [-0.39, 0.29) is 28.0 Å². The van der Waals surface area contributed by atoms with Crippen LogP contribution in [0.3, 0.4) is 0 Å². The van der Waals surface area contributed by atoms with Crippen LogP contribution in [0.1, 0.15) is 29.8 Å². The number of anilines is 1. The third-order valence-corrected chi connectivity index (χ3v) is 4.62. The van der Waals surface area contributed by atoms with Gasteiger partial charge in [-0.2, -0.15) is 0 Å². The maximum absolute atomic E-state index is 13.2. The maximum Gasteiger partial charge on any atom is 0.335 e. The molecule has 0 spiro atoms. The highest BCUT2D eigenvalue weighted by atomic mass is 32.1. The van der Waals surface area contributed by atoms with Crippen molar-refractivity contribution in [3.63, 3.8) is 0 Å². The molecular formula is C22H20N2O6S. The number of hydrogen-bond acceptors (Lipinski definition) is 6. The number of methoxy groups -OCH3 is 1. The van der Waals surface area contributed by atoms with Gasteiger partial charge in [0.05, 0.1) is 24.5 Å². The fraction of sp³-hybridized carbons (Fsp3) is 0.182. The van der Waals surface area contributed by atoms with Gasteiger partial charge in [0, 0.05) is 5.56 Å². The first-order valence-electron chi connectivity index (χ1n) is 9.31. The summed E-state index contributed by atoms with van der Waals surface area (Å²) in [5.41, 5.74) is 0.496. The number of benzene rings is 2. The number of thiocarbonyl (C=S) groups is 1. The first-order valence-corrected chi connectivity index (χ1v) is 9.72. The molecule has 1 fully saturated rings. The second-order valence-electron chi connectivity index (χ2n) is 6.86. The van der Waals surface area contributed by atoms with Crippen LogP contribution in [0.15, 0.2) is 48.0 Å². The Morgan fingerprint density at radius 1 is 1.19 bits per heavy atom. The third-order valence-electron chi connectivity index (χ3n) is 4.34. The Kier molecular flexibility index (Phi) is 6.36. The van der Waals surface area contributed by atoms with Crippen molar-refractivity contribution in [2.24, 2.45) is 0 Å². The van der Waals surface area contributed by atoms with Gasteiger partial charge in [0.25, 0.3) is 11.8 Å². The van der Waals surface area contributed by atoms with Gasteiger partial charge in [0.15, 0.2) is 16.6 Å². The molecule has 2 aromatic carbocycles. The van der Waals surface area contributed by atoms with E-state index < -0.39 is 17.8 Å². The fourth-order valence-corrected chi connectivity index (χ4v) is 3.28. The van der Waals surface area contributed by atoms with E-state index >= 15 is 0 Å². The molecule has 8 nitrogen and oxygen atoms in total. The van der Waals surface area contributed by atoms with Gasteiger partial charge in [0.1, 0.15) is 5.57 Å². The zero-order chi connectivity index (χ0) is 22.7. The zero-order valence-corrected chi connectivity index (χ0v) is 17.9. The number of nitrogens with one attached hydrogen (secondary N) is 1. The second kappa shape index (κ2) is 8.97. The maximum atomic E-state index is 13.2. The Morgan fingerprint density at radius 2 is 1.90 bits per heavy atom. The summed E-state index contributed by atoms with van der Waals surface area (Å²) in [7, 11) is 1.49.